The van der Waals surface area contributed by atoms with Crippen LogP contribution in [0.3, 0.4) is 0 Å². The summed E-state index contributed by atoms with van der Waals surface area (Å²) in [5.74, 6) is 1.21. The molecule has 0 atom stereocenters. The van der Waals surface area contributed by atoms with Gasteiger partial charge in [-0.15, -0.1) is 10.2 Å². The van der Waals surface area contributed by atoms with Crippen LogP contribution in [0, 0.1) is 0 Å². The van der Waals surface area contributed by atoms with Crippen molar-refractivity contribution in [1.82, 2.24) is 29.7 Å². The predicted molar refractivity (Wildman–Crippen MR) is 108 cm³/mol. The van der Waals surface area contributed by atoms with E-state index in [0.717, 1.165) is 17.9 Å². The number of hydrogen-bond acceptors (Lipinski definition) is 5. The minimum absolute atomic E-state index is 0.164. The van der Waals surface area contributed by atoms with Crippen LogP contribution in [-0.4, -0.2) is 36.8 Å². The fourth-order valence-corrected chi connectivity index (χ4v) is 3.04. The first-order valence-corrected chi connectivity index (χ1v) is 9.56. The molecule has 0 unspecified atom stereocenters. The third-order valence-corrected chi connectivity index (χ3v) is 4.62. The number of benzene rings is 1. The van der Waals surface area contributed by atoms with Crippen LogP contribution in [0.15, 0.2) is 60.9 Å². The largest absolute Gasteiger partial charge is 0.470 e. The highest BCUT2D eigenvalue weighted by Crippen LogP contribution is 2.23. The molecule has 4 aromatic rings. The van der Waals surface area contributed by atoms with E-state index in [0.29, 0.717) is 29.4 Å². The average Bonchev–Trinajstić information content (AvgIpc) is 3.38. The first-order chi connectivity index (χ1) is 14.2. The van der Waals surface area contributed by atoms with Gasteiger partial charge in [0, 0.05) is 25.4 Å². The van der Waals surface area contributed by atoms with E-state index in [1.54, 1.807) is 29.1 Å². The van der Waals surface area contributed by atoms with Crippen LogP contribution in [0.25, 0.3) is 5.65 Å². The van der Waals surface area contributed by atoms with Crippen LogP contribution in [-0.2, 0) is 13.2 Å². The molecule has 0 aliphatic rings. The fraction of sp³-hybridized carbons (Fsp3) is 0.200. The van der Waals surface area contributed by atoms with Gasteiger partial charge in [0.15, 0.2) is 12.4 Å². The zero-order chi connectivity index (χ0) is 20.1. The van der Waals surface area contributed by atoms with Gasteiger partial charge in [-0.05, 0) is 36.8 Å². The van der Waals surface area contributed by atoms with E-state index in [4.69, 9.17) is 16.3 Å². The second kappa shape index (κ2) is 8.74. The maximum atomic E-state index is 12.3. The predicted octanol–water partition coefficient (Wildman–Crippen LogP) is 2.98. The molecule has 0 bridgehead atoms. The molecule has 0 spiro atoms. The number of halogens is 1. The molecule has 29 heavy (non-hydrogen) atoms. The van der Waals surface area contributed by atoms with Gasteiger partial charge in [-0.25, -0.2) is 4.68 Å². The molecule has 0 fully saturated rings. The van der Waals surface area contributed by atoms with Gasteiger partial charge in [0.2, 0.25) is 0 Å². The summed E-state index contributed by atoms with van der Waals surface area (Å²) in [6.45, 7) is 0.681. The molecule has 148 valence electrons. The lowest BCUT2D eigenvalue weighted by molar-refractivity contribution is 0.0946. The number of nitrogens with zero attached hydrogens (tertiary/aromatic N) is 5. The third kappa shape index (κ3) is 4.55. The molecule has 4 rings (SSSR count). The van der Waals surface area contributed by atoms with Crippen molar-refractivity contribution in [1.29, 1.82) is 0 Å². The summed E-state index contributed by atoms with van der Waals surface area (Å²) in [5, 5.41) is 15.9. The molecule has 8 nitrogen and oxygen atoms in total. The van der Waals surface area contributed by atoms with Crippen LogP contribution in [0.1, 0.15) is 22.7 Å². The number of aryl methyl sites for hydroxylation is 1. The van der Waals surface area contributed by atoms with E-state index in [-0.39, 0.29) is 12.6 Å². The van der Waals surface area contributed by atoms with Crippen molar-refractivity contribution < 1.29 is 9.53 Å². The number of carbonyl (C=O) groups excluding carboxylic acids is 1. The van der Waals surface area contributed by atoms with Crippen LogP contribution in [0.2, 0.25) is 5.02 Å². The first kappa shape index (κ1) is 18.9. The second-order valence-corrected chi connectivity index (χ2v) is 6.76. The van der Waals surface area contributed by atoms with Crippen LogP contribution < -0.4 is 10.1 Å². The van der Waals surface area contributed by atoms with Crippen molar-refractivity contribution in [3.8, 4) is 5.75 Å². The van der Waals surface area contributed by atoms with Crippen LogP contribution >= 0.6 is 11.6 Å². The molecule has 1 aromatic carbocycles. The third-order valence-electron chi connectivity index (χ3n) is 4.31. The van der Waals surface area contributed by atoms with E-state index in [1.807, 2.05) is 40.9 Å². The molecule has 1 amide bonds. The SMILES string of the molecule is O=C(NCCCc1nnc2ccccn12)c1ccn(COc2ccccc2Cl)n1. The summed E-state index contributed by atoms with van der Waals surface area (Å²) in [6.07, 6.45) is 5.08. The Morgan fingerprint density at radius 3 is 2.83 bits per heavy atom. The minimum Gasteiger partial charge on any atom is -0.470 e. The van der Waals surface area contributed by atoms with E-state index < -0.39 is 0 Å². The van der Waals surface area contributed by atoms with Gasteiger partial charge in [-0.1, -0.05) is 29.8 Å². The maximum Gasteiger partial charge on any atom is 0.271 e. The van der Waals surface area contributed by atoms with Crippen molar-refractivity contribution in [2.75, 3.05) is 6.54 Å². The number of fused-ring (bicyclic) bond motifs is 1. The maximum absolute atomic E-state index is 12.3. The smallest absolute Gasteiger partial charge is 0.271 e. The van der Waals surface area contributed by atoms with Gasteiger partial charge in [0.05, 0.1) is 5.02 Å². The highest BCUT2D eigenvalue weighted by Gasteiger charge is 2.10. The van der Waals surface area contributed by atoms with E-state index in [1.165, 1.54) is 0 Å². The molecule has 9 heteroatoms. The highest BCUT2D eigenvalue weighted by molar-refractivity contribution is 6.32. The molecular weight excluding hydrogens is 392 g/mol. The number of ether oxygens (including phenoxy) is 1. The number of carbonyl (C=O) groups is 1. The van der Waals surface area contributed by atoms with E-state index in [2.05, 4.69) is 20.6 Å². The topological polar surface area (TPSA) is 86.3 Å². The summed E-state index contributed by atoms with van der Waals surface area (Å²) >= 11 is 6.06. The van der Waals surface area contributed by atoms with E-state index >= 15 is 0 Å². The molecular formula is C20H19ClN6O2. The minimum atomic E-state index is -0.229. The van der Waals surface area contributed by atoms with Crippen molar-refractivity contribution >= 4 is 23.2 Å². The highest BCUT2D eigenvalue weighted by atomic mass is 35.5. The molecule has 3 aromatic heterocycles. The zero-order valence-electron chi connectivity index (χ0n) is 15.5. The van der Waals surface area contributed by atoms with Crippen molar-refractivity contribution in [3.05, 3.63) is 77.5 Å². The number of nitrogens with one attached hydrogen (secondary N) is 1. The van der Waals surface area contributed by atoms with Crippen molar-refractivity contribution in [2.45, 2.75) is 19.6 Å². The molecule has 0 saturated carbocycles. The lowest BCUT2D eigenvalue weighted by atomic mass is 10.3. The van der Waals surface area contributed by atoms with Crippen molar-refractivity contribution in [3.63, 3.8) is 0 Å². The monoisotopic (exact) mass is 410 g/mol. The van der Waals surface area contributed by atoms with Gasteiger partial charge in [0.1, 0.15) is 17.3 Å². The Bertz CT molecular complexity index is 1120. The number of aromatic nitrogens is 5. The number of para-hydroxylation sites is 1. The number of hydrogen-bond donors (Lipinski definition) is 1. The quantitative estimate of drug-likeness (QED) is 0.451. The number of pyridine rings is 1. The normalized spacial score (nSPS) is 10.9. The summed E-state index contributed by atoms with van der Waals surface area (Å²) in [6, 6.07) is 14.6. The summed E-state index contributed by atoms with van der Waals surface area (Å²) in [4.78, 5) is 12.3. The molecule has 0 saturated heterocycles. The Hall–Kier alpha value is -3.39. The molecule has 3 heterocycles. The summed E-state index contributed by atoms with van der Waals surface area (Å²) < 4.78 is 9.10. The van der Waals surface area contributed by atoms with Gasteiger partial charge < -0.3 is 10.1 Å². The molecule has 1 N–H and O–H groups in total. The summed E-state index contributed by atoms with van der Waals surface area (Å²) in [5.41, 5.74) is 1.15. The van der Waals surface area contributed by atoms with Crippen LogP contribution in [0.4, 0.5) is 0 Å². The summed E-state index contributed by atoms with van der Waals surface area (Å²) in [7, 11) is 0. The Balaban J connectivity index is 1.24. The van der Waals surface area contributed by atoms with Gasteiger partial charge in [-0.3, -0.25) is 9.20 Å². The molecule has 0 aliphatic carbocycles. The lowest BCUT2D eigenvalue weighted by Crippen LogP contribution is -2.25. The van der Waals surface area contributed by atoms with Crippen molar-refractivity contribution in [2.24, 2.45) is 0 Å². The van der Waals surface area contributed by atoms with Gasteiger partial charge in [0.25, 0.3) is 5.91 Å². The van der Waals surface area contributed by atoms with Crippen LogP contribution in [0.5, 0.6) is 5.75 Å². The van der Waals surface area contributed by atoms with Gasteiger partial charge >= 0.3 is 0 Å². The second-order valence-electron chi connectivity index (χ2n) is 6.35. The Kier molecular flexibility index (Phi) is 5.71. The first-order valence-electron chi connectivity index (χ1n) is 9.18. The van der Waals surface area contributed by atoms with Gasteiger partial charge in [-0.2, -0.15) is 5.10 Å². The molecule has 0 aliphatic heterocycles. The fourth-order valence-electron chi connectivity index (χ4n) is 2.85. The van der Waals surface area contributed by atoms with E-state index in [9.17, 15) is 4.79 Å². The Morgan fingerprint density at radius 2 is 1.93 bits per heavy atom. The zero-order valence-corrected chi connectivity index (χ0v) is 16.3. The average molecular weight is 411 g/mol. The molecule has 0 radical (unpaired) electrons. The Morgan fingerprint density at radius 1 is 1.07 bits per heavy atom. The standard InChI is InChI=1S/C20H19ClN6O2/c21-15-6-1-2-7-17(15)29-14-26-13-10-16(25-26)20(28)22-11-5-9-19-24-23-18-8-3-4-12-27(18)19/h1-4,6-8,10,12-13H,5,9,11,14H2,(H,22,28). The lowest BCUT2D eigenvalue weighted by Gasteiger charge is -2.07. The number of amides is 1. The Labute approximate surface area is 172 Å². The number of rotatable bonds is 8.